The first kappa shape index (κ1) is 15.4. The number of hydrogen-bond acceptors (Lipinski definition) is 3. The van der Waals surface area contributed by atoms with Crippen LogP contribution in [-0.4, -0.2) is 19.7 Å². The molecule has 0 fully saturated rings. The summed E-state index contributed by atoms with van der Waals surface area (Å²) in [6.07, 6.45) is 1.57. The summed E-state index contributed by atoms with van der Waals surface area (Å²) in [6.45, 7) is 0.703. The molecule has 0 radical (unpaired) electrons. The molecule has 2 N–H and O–H groups in total. The van der Waals surface area contributed by atoms with Gasteiger partial charge in [0, 0.05) is 12.1 Å². The van der Waals surface area contributed by atoms with E-state index < -0.39 is 0 Å². The first-order valence-corrected chi connectivity index (χ1v) is 6.88. The Labute approximate surface area is 128 Å². The third-order valence-corrected chi connectivity index (χ3v) is 3.17. The van der Waals surface area contributed by atoms with E-state index in [1.54, 1.807) is 37.6 Å². The number of ether oxygens (including phenoxy) is 1. The lowest BCUT2D eigenvalue weighted by molar-refractivity contribution is 0.165. The Morgan fingerprint density at radius 2 is 2.10 bits per heavy atom. The molecule has 112 valence electrons. The van der Waals surface area contributed by atoms with Crippen LogP contribution in [0.5, 0.6) is 0 Å². The zero-order chi connectivity index (χ0) is 15.1. The Morgan fingerprint density at radius 1 is 1.33 bits per heavy atom. The van der Waals surface area contributed by atoms with Crippen LogP contribution >= 0.6 is 11.6 Å². The van der Waals surface area contributed by atoms with Gasteiger partial charge >= 0.3 is 6.03 Å². The molecule has 0 unspecified atom stereocenters. The molecule has 0 spiro atoms. The minimum Gasteiger partial charge on any atom is -0.467 e. The van der Waals surface area contributed by atoms with E-state index in [-0.39, 0.29) is 12.1 Å². The van der Waals surface area contributed by atoms with Crippen molar-refractivity contribution >= 4 is 17.6 Å². The van der Waals surface area contributed by atoms with Crippen LogP contribution in [0.1, 0.15) is 17.4 Å². The van der Waals surface area contributed by atoms with Gasteiger partial charge in [-0.25, -0.2) is 4.79 Å². The lowest BCUT2D eigenvalue weighted by Gasteiger charge is -2.18. The van der Waals surface area contributed by atoms with Crippen LogP contribution < -0.4 is 10.6 Å². The van der Waals surface area contributed by atoms with E-state index >= 15 is 0 Å². The largest absolute Gasteiger partial charge is 0.467 e. The van der Waals surface area contributed by atoms with Crippen molar-refractivity contribution in [2.45, 2.75) is 12.6 Å². The third-order valence-electron chi connectivity index (χ3n) is 2.91. The summed E-state index contributed by atoms with van der Waals surface area (Å²) in [5.74, 6) is 0.694. The molecule has 2 amide bonds. The van der Waals surface area contributed by atoms with Crippen molar-refractivity contribution in [2.24, 2.45) is 0 Å². The van der Waals surface area contributed by atoms with Crippen LogP contribution in [0.4, 0.5) is 4.79 Å². The molecule has 0 aliphatic rings. The minimum absolute atomic E-state index is 0.246. The average molecular weight is 309 g/mol. The van der Waals surface area contributed by atoms with Crippen LogP contribution in [0, 0.1) is 0 Å². The Bertz CT molecular complexity index is 555. The van der Waals surface area contributed by atoms with E-state index in [1.165, 1.54) is 0 Å². The SMILES string of the molecule is COC[C@@H](NC(=O)NCc1ccco1)c1ccc(Cl)cc1. The number of carbonyl (C=O) groups excluding carboxylic acids is 1. The highest BCUT2D eigenvalue weighted by Gasteiger charge is 2.14. The standard InChI is InChI=1S/C15H17ClN2O3/c1-20-10-14(11-4-6-12(16)7-5-11)18-15(19)17-9-13-3-2-8-21-13/h2-8,14H,9-10H2,1H3,(H2,17,18,19)/t14-/m1/s1. The molecule has 1 aromatic carbocycles. The summed E-state index contributed by atoms with van der Waals surface area (Å²) in [4.78, 5) is 11.9. The summed E-state index contributed by atoms with van der Waals surface area (Å²) < 4.78 is 10.3. The molecule has 1 atom stereocenters. The van der Waals surface area contributed by atoms with Crippen molar-refractivity contribution < 1.29 is 13.9 Å². The molecule has 21 heavy (non-hydrogen) atoms. The summed E-state index contributed by atoms with van der Waals surface area (Å²) in [5.41, 5.74) is 0.925. The second-order valence-electron chi connectivity index (χ2n) is 4.47. The molecule has 0 aliphatic heterocycles. The second-order valence-corrected chi connectivity index (χ2v) is 4.90. The van der Waals surface area contributed by atoms with Crippen LogP contribution in [0.3, 0.4) is 0 Å². The molecule has 1 heterocycles. The molecular formula is C15H17ClN2O3. The predicted molar refractivity (Wildman–Crippen MR) is 80.1 cm³/mol. The van der Waals surface area contributed by atoms with E-state index in [4.69, 9.17) is 20.8 Å². The number of halogens is 1. The van der Waals surface area contributed by atoms with Crippen LogP contribution in [0.2, 0.25) is 5.02 Å². The van der Waals surface area contributed by atoms with Gasteiger partial charge in [0.05, 0.1) is 25.5 Å². The molecule has 2 aromatic rings. The topological polar surface area (TPSA) is 63.5 Å². The Kier molecular flexibility index (Phi) is 5.66. The number of carbonyl (C=O) groups is 1. The number of methoxy groups -OCH3 is 1. The number of rotatable bonds is 6. The van der Waals surface area contributed by atoms with Crippen LogP contribution in [0.25, 0.3) is 0 Å². The van der Waals surface area contributed by atoms with E-state index in [0.717, 1.165) is 5.56 Å². The quantitative estimate of drug-likeness (QED) is 0.862. The number of furan rings is 1. The maximum Gasteiger partial charge on any atom is 0.315 e. The van der Waals surface area contributed by atoms with Crippen LogP contribution in [-0.2, 0) is 11.3 Å². The average Bonchev–Trinajstić information content (AvgIpc) is 2.99. The fraction of sp³-hybridized carbons (Fsp3) is 0.267. The highest BCUT2D eigenvalue weighted by molar-refractivity contribution is 6.30. The first-order valence-electron chi connectivity index (χ1n) is 6.50. The number of nitrogens with one attached hydrogen (secondary N) is 2. The zero-order valence-electron chi connectivity index (χ0n) is 11.6. The van der Waals surface area contributed by atoms with Gasteiger partial charge in [-0.15, -0.1) is 0 Å². The molecule has 2 rings (SSSR count). The van der Waals surface area contributed by atoms with Gasteiger partial charge in [0.15, 0.2) is 0 Å². The Morgan fingerprint density at radius 3 is 2.71 bits per heavy atom. The number of urea groups is 1. The van der Waals surface area contributed by atoms with Gasteiger partial charge in [-0.3, -0.25) is 0 Å². The zero-order valence-corrected chi connectivity index (χ0v) is 12.4. The summed E-state index contributed by atoms with van der Waals surface area (Å²) in [7, 11) is 1.59. The third kappa shape index (κ3) is 4.81. The number of benzene rings is 1. The smallest absolute Gasteiger partial charge is 0.315 e. The first-order chi connectivity index (χ1) is 10.2. The Balaban J connectivity index is 1.92. The van der Waals surface area contributed by atoms with Crippen molar-refractivity contribution in [1.82, 2.24) is 10.6 Å². The maximum absolute atomic E-state index is 11.9. The van der Waals surface area contributed by atoms with Gasteiger partial charge in [-0.2, -0.15) is 0 Å². The molecule has 6 heteroatoms. The van der Waals surface area contributed by atoms with E-state index in [1.807, 2.05) is 12.1 Å². The minimum atomic E-state index is -0.289. The highest BCUT2D eigenvalue weighted by atomic mass is 35.5. The summed E-state index contributed by atoms with van der Waals surface area (Å²) >= 11 is 5.86. The Hall–Kier alpha value is -1.98. The van der Waals surface area contributed by atoms with Gasteiger partial charge in [0.1, 0.15) is 5.76 Å². The molecule has 0 aliphatic carbocycles. The molecule has 0 saturated heterocycles. The lowest BCUT2D eigenvalue weighted by atomic mass is 10.1. The highest BCUT2D eigenvalue weighted by Crippen LogP contribution is 2.16. The van der Waals surface area contributed by atoms with Gasteiger partial charge in [-0.05, 0) is 29.8 Å². The van der Waals surface area contributed by atoms with Gasteiger partial charge < -0.3 is 19.8 Å². The molecular weight excluding hydrogens is 292 g/mol. The van der Waals surface area contributed by atoms with Crippen molar-refractivity contribution in [1.29, 1.82) is 0 Å². The summed E-state index contributed by atoms with van der Waals surface area (Å²) in [5, 5.41) is 6.24. The second kappa shape index (κ2) is 7.71. The van der Waals surface area contributed by atoms with Crippen LogP contribution in [0.15, 0.2) is 47.1 Å². The fourth-order valence-electron chi connectivity index (χ4n) is 1.87. The van der Waals surface area contributed by atoms with Gasteiger partial charge in [-0.1, -0.05) is 23.7 Å². The molecule has 5 nitrogen and oxygen atoms in total. The lowest BCUT2D eigenvalue weighted by Crippen LogP contribution is -2.39. The number of hydrogen-bond donors (Lipinski definition) is 2. The monoisotopic (exact) mass is 308 g/mol. The van der Waals surface area contributed by atoms with Gasteiger partial charge in [0.25, 0.3) is 0 Å². The molecule has 0 bridgehead atoms. The predicted octanol–water partition coefficient (Wildman–Crippen LogP) is 3.12. The fourth-order valence-corrected chi connectivity index (χ4v) is 2.00. The summed E-state index contributed by atoms with van der Waals surface area (Å²) in [6, 6.07) is 10.3. The number of amides is 2. The maximum atomic E-state index is 11.9. The normalized spacial score (nSPS) is 11.9. The molecule has 0 saturated carbocycles. The van der Waals surface area contributed by atoms with E-state index in [0.29, 0.717) is 23.9 Å². The van der Waals surface area contributed by atoms with Crippen molar-refractivity contribution in [3.05, 3.63) is 59.0 Å². The van der Waals surface area contributed by atoms with Crippen molar-refractivity contribution in [3.63, 3.8) is 0 Å². The van der Waals surface area contributed by atoms with Crippen molar-refractivity contribution in [2.75, 3.05) is 13.7 Å². The van der Waals surface area contributed by atoms with Crippen molar-refractivity contribution in [3.8, 4) is 0 Å². The van der Waals surface area contributed by atoms with E-state index in [9.17, 15) is 4.79 Å². The van der Waals surface area contributed by atoms with E-state index in [2.05, 4.69) is 10.6 Å². The molecule has 1 aromatic heterocycles. The van der Waals surface area contributed by atoms with Gasteiger partial charge in [0.2, 0.25) is 0 Å².